The van der Waals surface area contributed by atoms with Crippen LogP contribution in [0.4, 0.5) is 11.6 Å². The Morgan fingerprint density at radius 2 is 1.86 bits per heavy atom. The molecular formula is C18H24N4. The topological polar surface area (TPSA) is 41.0 Å². The molecule has 0 spiro atoms. The van der Waals surface area contributed by atoms with Crippen molar-refractivity contribution in [3.05, 3.63) is 47.8 Å². The quantitative estimate of drug-likeness (QED) is 0.932. The molecule has 1 fully saturated rings. The fraction of sp³-hybridized carbons (Fsp3) is 0.444. The summed E-state index contributed by atoms with van der Waals surface area (Å²) in [5.74, 6) is 2.02. The van der Waals surface area contributed by atoms with Crippen LogP contribution < -0.4 is 10.2 Å². The highest BCUT2D eigenvalue weighted by atomic mass is 15.2. The van der Waals surface area contributed by atoms with E-state index in [0.29, 0.717) is 0 Å². The third-order valence-corrected chi connectivity index (χ3v) is 4.10. The molecule has 0 bridgehead atoms. The van der Waals surface area contributed by atoms with Crippen LogP contribution in [0, 0.1) is 6.92 Å². The predicted molar refractivity (Wildman–Crippen MR) is 91.2 cm³/mol. The minimum atomic E-state index is 0.754. The van der Waals surface area contributed by atoms with Crippen LogP contribution in [0.3, 0.4) is 0 Å². The summed E-state index contributed by atoms with van der Waals surface area (Å²) in [6.45, 7) is 5.03. The summed E-state index contributed by atoms with van der Waals surface area (Å²) in [4.78, 5) is 11.5. The van der Waals surface area contributed by atoms with Crippen LogP contribution in [-0.4, -0.2) is 23.1 Å². The molecule has 0 atom stereocenters. The van der Waals surface area contributed by atoms with Crippen molar-refractivity contribution in [1.82, 2.24) is 9.97 Å². The summed E-state index contributed by atoms with van der Waals surface area (Å²) < 4.78 is 0. The second-order valence-electron chi connectivity index (χ2n) is 5.94. The van der Waals surface area contributed by atoms with E-state index in [0.717, 1.165) is 37.0 Å². The molecule has 1 saturated heterocycles. The summed E-state index contributed by atoms with van der Waals surface area (Å²) >= 11 is 0. The van der Waals surface area contributed by atoms with Gasteiger partial charge in [0.1, 0.15) is 11.6 Å². The van der Waals surface area contributed by atoms with Crippen LogP contribution in [0.2, 0.25) is 0 Å². The molecule has 1 aliphatic rings. The van der Waals surface area contributed by atoms with Gasteiger partial charge in [0, 0.05) is 31.5 Å². The number of anilines is 2. The molecule has 0 unspecified atom stereocenters. The van der Waals surface area contributed by atoms with E-state index >= 15 is 0 Å². The van der Waals surface area contributed by atoms with Crippen molar-refractivity contribution in [2.24, 2.45) is 0 Å². The maximum Gasteiger partial charge on any atom is 0.128 e. The minimum Gasteiger partial charge on any atom is -0.366 e. The molecule has 0 aliphatic carbocycles. The molecule has 0 amide bonds. The predicted octanol–water partition coefficient (Wildman–Crippen LogP) is 3.78. The highest BCUT2D eigenvalue weighted by Crippen LogP contribution is 2.17. The van der Waals surface area contributed by atoms with Gasteiger partial charge in [-0.25, -0.2) is 9.97 Å². The SMILES string of the molecule is Cc1cccc(NCc2ccc(N3CCCCCC3)nc2)n1. The summed E-state index contributed by atoms with van der Waals surface area (Å²) in [5, 5.41) is 3.35. The standard InChI is InChI=1S/C18H24N4/c1-15-7-6-8-17(21-15)19-13-16-9-10-18(20-14-16)22-11-4-2-3-5-12-22/h6-10,14H,2-5,11-13H2,1H3,(H,19,21). The van der Waals surface area contributed by atoms with E-state index in [9.17, 15) is 0 Å². The zero-order valence-corrected chi connectivity index (χ0v) is 13.3. The molecule has 1 N–H and O–H groups in total. The van der Waals surface area contributed by atoms with Gasteiger partial charge in [0.25, 0.3) is 0 Å². The van der Waals surface area contributed by atoms with Crippen LogP contribution in [0.5, 0.6) is 0 Å². The smallest absolute Gasteiger partial charge is 0.128 e. The first-order valence-corrected chi connectivity index (χ1v) is 8.19. The van der Waals surface area contributed by atoms with Gasteiger partial charge in [-0.15, -0.1) is 0 Å². The molecule has 4 heteroatoms. The summed E-state index contributed by atoms with van der Waals surface area (Å²) in [7, 11) is 0. The van der Waals surface area contributed by atoms with Crippen LogP contribution in [0.15, 0.2) is 36.5 Å². The molecule has 3 heterocycles. The van der Waals surface area contributed by atoms with Gasteiger partial charge in [0.05, 0.1) is 0 Å². The molecule has 2 aromatic rings. The Kier molecular flexibility index (Phi) is 4.88. The van der Waals surface area contributed by atoms with Gasteiger partial charge in [-0.05, 0) is 43.5 Å². The lowest BCUT2D eigenvalue weighted by Gasteiger charge is -2.21. The molecule has 116 valence electrons. The van der Waals surface area contributed by atoms with Gasteiger partial charge in [-0.2, -0.15) is 0 Å². The highest BCUT2D eigenvalue weighted by molar-refractivity contribution is 5.41. The van der Waals surface area contributed by atoms with Gasteiger partial charge < -0.3 is 10.2 Å². The molecule has 2 aromatic heterocycles. The molecule has 1 aliphatic heterocycles. The number of nitrogens with zero attached hydrogens (tertiary/aromatic N) is 3. The summed E-state index contributed by atoms with van der Waals surface area (Å²) in [6.07, 6.45) is 7.24. The van der Waals surface area contributed by atoms with E-state index in [-0.39, 0.29) is 0 Å². The Balaban J connectivity index is 1.59. The van der Waals surface area contributed by atoms with Gasteiger partial charge in [0.15, 0.2) is 0 Å². The number of nitrogens with one attached hydrogen (secondary N) is 1. The number of pyridine rings is 2. The molecule has 3 rings (SSSR count). The van der Waals surface area contributed by atoms with E-state index < -0.39 is 0 Å². The Morgan fingerprint density at radius 3 is 2.55 bits per heavy atom. The average molecular weight is 296 g/mol. The van der Waals surface area contributed by atoms with Crippen LogP contribution in [-0.2, 0) is 6.54 Å². The van der Waals surface area contributed by atoms with Gasteiger partial charge in [-0.1, -0.05) is 25.0 Å². The van der Waals surface area contributed by atoms with Crippen molar-refractivity contribution < 1.29 is 0 Å². The summed E-state index contributed by atoms with van der Waals surface area (Å²) in [5.41, 5.74) is 2.21. The Labute approximate surface area is 132 Å². The fourth-order valence-corrected chi connectivity index (χ4v) is 2.84. The zero-order valence-electron chi connectivity index (χ0n) is 13.3. The first kappa shape index (κ1) is 14.8. The molecular weight excluding hydrogens is 272 g/mol. The monoisotopic (exact) mass is 296 g/mol. The largest absolute Gasteiger partial charge is 0.366 e. The normalized spacial score (nSPS) is 15.4. The highest BCUT2D eigenvalue weighted by Gasteiger charge is 2.10. The molecule has 0 radical (unpaired) electrons. The Morgan fingerprint density at radius 1 is 1.05 bits per heavy atom. The minimum absolute atomic E-state index is 0.754. The van der Waals surface area contributed by atoms with E-state index in [1.165, 1.54) is 31.2 Å². The van der Waals surface area contributed by atoms with Crippen molar-refractivity contribution in [2.75, 3.05) is 23.3 Å². The molecule has 0 aromatic carbocycles. The zero-order chi connectivity index (χ0) is 15.2. The lowest BCUT2D eigenvalue weighted by Crippen LogP contribution is -2.24. The maximum atomic E-state index is 4.64. The van der Waals surface area contributed by atoms with Gasteiger partial charge in [-0.3, -0.25) is 0 Å². The third-order valence-electron chi connectivity index (χ3n) is 4.10. The number of aromatic nitrogens is 2. The van der Waals surface area contributed by atoms with Crippen molar-refractivity contribution in [1.29, 1.82) is 0 Å². The van der Waals surface area contributed by atoms with Gasteiger partial charge >= 0.3 is 0 Å². The summed E-state index contributed by atoms with van der Waals surface area (Å²) in [6, 6.07) is 10.3. The lowest BCUT2D eigenvalue weighted by molar-refractivity contribution is 0.726. The Hall–Kier alpha value is -2.10. The Bertz CT molecular complexity index is 586. The van der Waals surface area contributed by atoms with Crippen molar-refractivity contribution in [3.8, 4) is 0 Å². The molecule has 22 heavy (non-hydrogen) atoms. The molecule has 4 nitrogen and oxygen atoms in total. The fourth-order valence-electron chi connectivity index (χ4n) is 2.84. The number of hydrogen-bond acceptors (Lipinski definition) is 4. The van der Waals surface area contributed by atoms with Crippen molar-refractivity contribution in [3.63, 3.8) is 0 Å². The third kappa shape index (κ3) is 3.97. The van der Waals surface area contributed by atoms with Crippen molar-refractivity contribution >= 4 is 11.6 Å². The van der Waals surface area contributed by atoms with E-state index in [1.54, 1.807) is 0 Å². The second-order valence-corrected chi connectivity index (χ2v) is 5.94. The first-order valence-electron chi connectivity index (χ1n) is 8.19. The first-order chi connectivity index (χ1) is 10.8. The van der Waals surface area contributed by atoms with Crippen molar-refractivity contribution in [2.45, 2.75) is 39.2 Å². The van der Waals surface area contributed by atoms with Gasteiger partial charge in [0.2, 0.25) is 0 Å². The maximum absolute atomic E-state index is 4.64. The van der Waals surface area contributed by atoms with E-state index in [2.05, 4.69) is 32.3 Å². The molecule has 0 saturated carbocycles. The van der Waals surface area contributed by atoms with Crippen LogP contribution >= 0.6 is 0 Å². The second kappa shape index (κ2) is 7.25. The van der Waals surface area contributed by atoms with Crippen LogP contribution in [0.25, 0.3) is 0 Å². The van der Waals surface area contributed by atoms with E-state index in [1.807, 2.05) is 31.3 Å². The average Bonchev–Trinajstić information content (AvgIpc) is 2.83. The van der Waals surface area contributed by atoms with E-state index in [4.69, 9.17) is 0 Å². The lowest BCUT2D eigenvalue weighted by atomic mass is 10.2. The number of aryl methyl sites for hydroxylation is 1. The number of rotatable bonds is 4. The number of hydrogen-bond donors (Lipinski definition) is 1. The van der Waals surface area contributed by atoms with Crippen LogP contribution in [0.1, 0.15) is 36.9 Å².